The quantitative estimate of drug-likeness (QED) is 0.747. The fraction of sp³-hybridized carbons (Fsp3) is 1.00. The molecule has 0 aromatic heterocycles. The van der Waals surface area contributed by atoms with E-state index in [0.29, 0.717) is 5.41 Å². The van der Waals surface area contributed by atoms with E-state index in [0.717, 1.165) is 0 Å². The highest BCUT2D eigenvalue weighted by molar-refractivity contribution is 4.85. The van der Waals surface area contributed by atoms with Crippen molar-refractivity contribution in [2.75, 3.05) is 59.9 Å². The molecule has 2 heterocycles. The van der Waals surface area contributed by atoms with Gasteiger partial charge in [-0.1, -0.05) is 20.8 Å². The lowest BCUT2D eigenvalue weighted by atomic mass is 9.80. The fourth-order valence-electron chi connectivity index (χ4n) is 2.86. The Labute approximate surface area is 114 Å². The lowest BCUT2D eigenvalue weighted by Gasteiger charge is -2.43. The van der Waals surface area contributed by atoms with Gasteiger partial charge >= 0.3 is 0 Å². The third-order valence-corrected chi connectivity index (χ3v) is 4.40. The molecule has 2 rings (SSSR count). The summed E-state index contributed by atoms with van der Waals surface area (Å²) in [4.78, 5) is 7.57. The SMILES string of the molecule is CC.CN1CCN(CC2(C)CCN(C)CC2)CC1. The summed E-state index contributed by atoms with van der Waals surface area (Å²) in [5.41, 5.74) is 0.572. The van der Waals surface area contributed by atoms with Gasteiger partial charge in [0, 0.05) is 32.7 Å². The topological polar surface area (TPSA) is 9.72 Å². The Balaban J connectivity index is 0.000000771. The van der Waals surface area contributed by atoms with Crippen LogP contribution in [0.25, 0.3) is 0 Å². The Bertz CT molecular complexity index is 214. The fourth-order valence-corrected chi connectivity index (χ4v) is 2.86. The maximum atomic E-state index is 2.67. The van der Waals surface area contributed by atoms with Crippen molar-refractivity contribution in [3.63, 3.8) is 0 Å². The van der Waals surface area contributed by atoms with Gasteiger partial charge in [0.15, 0.2) is 0 Å². The highest BCUT2D eigenvalue weighted by Crippen LogP contribution is 2.31. The summed E-state index contributed by atoms with van der Waals surface area (Å²) in [6, 6.07) is 0. The lowest BCUT2D eigenvalue weighted by Crippen LogP contribution is -2.50. The standard InChI is InChI=1S/C13H27N3.C2H6/c1-13(4-6-14(2)7-5-13)12-16-10-8-15(3)9-11-16;1-2/h4-12H2,1-3H3;1-2H3. The van der Waals surface area contributed by atoms with E-state index in [4.69, 9.17) is 0 Å². The molecular formula is C15H33N3. The molecule has 0 spiro atoms. The van der Waals surface area contributed by atoms with E-state index >= 15 is 0 Å². The zero-order chi connectivity index (χ0) is 13.6. The van der Waals surface area contributed by atoms with E-state index in [1.165, 1.54) is 58.7 Å². The molecule has 0 unspecified atom stereocenters. The van der Waals surface area contributed by atoms with Gasteiger partial charge in [0.05, 0.1) is 0 Å². The van der Waals surface area contributed by atoms with Crippen LogP contribution >= 0.6 is 0 Å². The van der Waals surface area contributed by atoms with Gasteiger partial charge in [0.2, 0.25) is 0 Å². The molecule has 2 aliphatic heterocycles. The van der Waals surface area contributed by atoms with Gasteiger partial charge in [-0.3, -0.25) is 0 Å². The first kappa shape index (κ1) is 15.9. The van der Waals surface area contributed by atoms with Crippen molar-refractivity contribution in [3.8, 4) is 0 Å². The second-order valence-corrected chi connectivity index (χ2v) is 6.19. The van der Waals surface area contributed by atoms with E-state index in [-0.39, 0.29) is 0 Å². The molecular weight excluding hydrogens is 222 g/mol. The second kappa shape index (κ2) is 7.46. The van der Waals surface area contributed by atoms with Crippen molar-refractivity contribution in [2.24, 2.45) is 5.41 Å². The molecule has 0 radical (unpaired) electrons. The zero-order valence-corrected chi connectivity index (χ0v) is 13.2. The number of rotatable bonds is 2. The molecule has 0 aliphatic carbocycles. The third kappa shape index (κ3) is 4.87. The summed E-state index contributed by atoms with van der Waals surface area (Å²) in [6.07, 6.45) is 2.74. The Kier molecular flexibility index (Phi) is 6.61. The summed E-state index contributed by atoms with van der Waals surface area (Å²) in [6.45, 7) is 15.4. The first-order valence-electron chi connectivity index (χ1n) is 7.67. The lowest BCUT2D eigenvalue weighted by molar-refractivity contribution is 0.0615. The van der Waals surface area contributed by atoms with Crippen LogP contribution < -0.4 is 0 Å². The largest absolute Gasteiger partial charge is 0.306 e. The number of hydrogen-bond acceptors (Lipinski definition) is 3. The second-order valence-electron chi connectivity index (χ2n) is 6.19. The van der Waals surface area contributed by atoms with Crippen molar-refractivity contribution in [1.29, 1.82) is 0 Å². The molecule has 0 atom stereocenters. The molecule has 3 heteroatoms. The predicted octanol–water partition coefficient (Wildman–Crippen LogP) is 1.99. The summed E-state index contributed by atoms with van der Waals surface area (Å²) < 4.78 is 0. The maximum Gasteiger partial charge on any atom is 0.0110 e. The Hall–Kier alpha value is -0.120. The molecule has 2 aliphatic rings. The molecule has 3 nitrogen and oxygen atoms in total. The first-order valence-corrected chi connectivity index (χ1v) is 7.67. The van der Waals surface area contributed by atoms with E-state index in [9.17, 15) is 0 Å². The zero-order valence-electron chi connectivity index (χ0n) is 13.2. The van der Waals surface area contributed by atoms with E-state index < -0.39 is 0 Å². The van der Waals surface area contributed by atoms with Crippen LogP contribution in [0.2, 0.25) is 0 Å². The van der Waals surface area contributed by atoms with Crippen LogP contribution in [0.1, 0.15) is 33.6 Å². The van der Waals surface area contributed by atoms with Crippen LogP contribution in [0.5, 0.6) is 0 Å². The van der Waals surface area contributed by atoms with Gasteiger partial charge in [-0.25, -0.2) is 0 Å². The average Bonchev–Trinajstić information content (AvgIpc) is 2.39. The van der Waals surface area contributed by atoms with Crippen molar-refractivity contribution < 1.29 is 0 Å². The molecule has 0 aromatic carbocycles. The molecule has 2 fully saturated rings. The van der Waals surface area contributed by atoms with Crippen molar-refractivity contribution in [3.05, 3.63) is 0 Å². The van der Waals surface area contributed by atoms with Crippen LogP contribution in [0.15, 0.2) is 0 Å². The molecule has 0 aromatic rings. The van der Waals surface area contributed by atoms with Crippen molar-refractivity contribution >= 4 is 0 Å². The van der Waals surface area contributed by atoms with Gasteiger partial charge in [-0.05, 0) is 45.4 Å². The number of hydrogen-bond donors (Lipinski definition) is 0. The van der Waals surface area contributed by atoms with E-state index in [1.807, 2.05) is 13.8 Å². The highest BCUT2D eigenvalue weighted by Gasteiger charge is 2.31. The number of piperidine rings is 1. The molecule has 2 saturated heterocycles. The summed E-state index contributed by atoms with van der Waals surface area (Å²) >= 11 is 0. The Morgan fingerprint density at radius 2 is 1.22 bits per heavy atom. The van der Waals surface area contributed by atoms with Crippen molar-refractivity contribution in [2.45, 2.75) is 33.6 Å². The normalized spacial score (nSPS) is 26.5. The summed E-state index contributed by atoms with van der Waals surface area (Å²) in [7, 11) is 4.48. The van der Waals surface area contributed by atoms with Crippen LogP contribution in [-0.4, -0.2) is 74.6 Å². The molecule has 0 bridgehead atoms. The minimum Gasteiger partial charge on any atom is -0.306 e. The van der Waals surface area contributed by atoms with Crippen LogP contribution in [0.4, 0.5) is 0 Å². The number of piperazine rings is 1. The van der Waals surface area contributed by atoms with Gasteiger partial charge in [0.25, 0.3) is 0 Å². The average molecular weight is 255 g/mol. The summed E-state index contributed by atoms with van der Waals surface area (Å²) in [5.74, 6) is 0. The smallest absolute Gasteiger partial charge is 0.0110 e. The highest BCUT2D eigenvalue weighted by atomic mass is 15.2. The Morgan fingerprint density at radius 3 is 1.72 bits per heavy atom. The van der Waals surface area contributed by atoms with Gasteiger partial charge < -0.3 is 14.7 Å². The maximum absolute atomic E-state index is 2.67. The first-order chi connectivity index (χ1) is 8.57. The van der Waals surface area contributed by atoms with E-state index in [2.05, 4.69) is 35.7 Å². The third-order valence-electron chi connectivity index (χ3n) is 4.40. The molecule has 0 amide bonds. The van der Waals surface area contributed by atoms with Crippen LogP contribution in [0.3, 0.4) is 0 Å². The molecule has 0 N–H and O–H groups in total. The monoisotopic (exact) mass is 255 g/mol. The number of likely N-dealkylation sites (tertiary alicyclic amines) is 1. The van der Waals surface area contributed by atoms with E-state index in [1.54, 1.807) is 0 Å². The van der Waals surface area contributed by atoms with Crippen LogP contribution in [0, 0.1) is 5.41 Å². The van der Waals surface area contributed by atoms with Crippen LogP contribution in [-0.2, 0) is 0 Å². The summed E-state index contributed by atoms with van der Waals surface area (Å²) in [5, 5.41) is 0. The van der Waals surface area contributed by atoms with Crippen molar-refractivity contribution in [1.82, 2.24) is 14.7 Å². The number of likely N-dealkylation sites (N-methyl/N-ethyl adjacent to an activating group) is 1. The van der Waals surface area contributed by atoms with Gasteiger partial charge in [-0.2, -0.15) is 0 Å². The molecule has 18 heavy (non-hydrogen) atoms. The Morgan fingerprint density at radius 1 is 0.778 bits per heavy atom. The van der Waals surface area contributed by atoms with Gasteiger partial charge in [-0.15, -0.1) is 0 Å². The molecule has 108 valence electrons. The minimum atomic E-state index is 0.572. The number of nitrogens with zero attached hydrogens (tertiary/aromatic N) is 3. The predicted molar refractivity (Wildman–Crippen MR) is 80.1 cm³/mol. The molecule has 0 saturated carbocycles. The minimum absolute atomic E-state index is 0.572. The van der Waals surface area contributed by atoms with Gasteiger partial charge in [0.1, 0.15) is 0 Å².